The summed E-state index contributed by atoms with van der Waals surface area (Å²) in [5.74, 6) is -0.350. The van der Waals surface area contributed by atoms with Crippen molar-refractivity contribution in [2.24, 2.45) is 7.05 Å². The fraction of sp³-hybridized carbons (Fsp3) is 0.333. The molecule has 1 fully saturated rings. The van der Waals surface area contributed by atoms with E-state index in [0.29, 0.717) is 18.7 Å². The number of benzene rings is 1. The minimum atomic E-state index is -3.43. The maximum atomic E-state index is 12.5. The SMILES string of the molecule is Cn1ccc(C(=O)NCc2ccc(S(=O)(=O)N3CCCC3)cc2)cc1=O. The summed E-state index contributed by atoms with van der Waals surface area (Å²) in [6.45, 7) is 1.38. The molecule has 138 valence electrons. The molecule has 1 N–H and O–H groups in total. The minimum Gasteiger partial charge on any atom is -0.348 e. The van der Waals surface area contributed by atoms with Crippen molar-refractivity contribution in [1.82, 2.24) is 14.2 Å². The third-order valence-corrected chi connectivity index (χ3v) is 6.36. The topological polar surface area (TPSA) is 88.5 Å². The molecule has 1 amide bonds. The van der Waals surface area contributed by atoms with Gasteiger partial charge in [0.15, 0.2) is 0 Å². The van der Waals surface area contributed by atoms with Crippen LogP contribution in [0.1, 0.15) is 28.8 Å². The van der Waals surface area contributed by atoms with Crippen LogP contribution in [0.25, 0.3) is 0 Å². The molecule has 0 spiro atoms. The molecule has 2 heterocycles. The monoisotopic (exact) mass is 375 g/mol. The highest BCUT2D eigenvalue weighted by molar-refractivity contribution is 7.89. The third-order valence-electron chi connectivity index (χ3n) is 4.45. The Kier molecular flexibility index (Phi) is 5.24. The van der Waals surface area contributed by atoms with Crippen LogP contribution in [0.2, 0.25) is 0 Å². The van der Waals surface area contributed by atoms with Crippen LogP contribution in [0, 0.1) is 0 Å². The number of rotatable bonds is 5. The van der Waals surface area contributed by atoms with E-state index in [9.17, 15) is 18.0 Å². The molecular formula is C18H21N3O4S. The Morgan fingerprint density at radius 1 is 1.12 bits per heavy atom. The zero-order chi connectivity index (χ0) is 18.7. The fourth-order valence-electron chi connectivity index (χ4n) is 2.83. The lowest BCUT2D eigenvalue weighted by molar-refractivity contribution is 0.0950. The average Bonchev–Trinajstić information content (AvgIpc) is 3.18. The second kappa shape index (κ2) is 7.43. The highest BCUT2D eigenvalue weighted by atomic mass is 32.2. The van der Waals surface area contributed by atoms with E-state index in [-0.39, 0.29) is 22.9 Å². The van der Waals surface area contributed by atoms with E-state index in [4.69, 9.17) is 0 Å². The third kappa shape index (κ3) is 3.86. The van der Waals surface area contributed by atoms with Crippen molar-refractivity contribution in [1.29, 1.82) is 0 Å². The number of nitrogens with one attached hydrogen (secondary N) is 1. The van der Waals surface area contributed by atoms with Gasteiger partial charge in [0.1, 0.15) is 0 Å². The van der Waals surface area contributed by atoms with E-state index in [2.05, 4.69) is 5.32 Å². The second-order valence-electron chi connectivity index (χ2n) is 6.30. The van der Waals surface area contributed by atoms with Crippen molar-refractivity contribution in [2.45, 2.75) is 24.3 Å². The summed E-state index contributed by atoms with van der Waals surface area (Å²) in [4.78, 5) is 24.0. The molecule has 3 rings (SSSR count). The van der Waals surface area contributed by atoms with Gasteiger partial charge in [-0.2, -0.15) is 4.31 Å². The van der Waals surface area contributed by atoms with Crippen LogP contribution in [0.15, 0.2) is 52.3 Å². The number of sulfonamides is 1. The van der Waals surface area contributed by atoms with Gasteiger partial charge in [0, 0.05) is 44.5 Å². The van der Waals surface area contributed by atoms with Gasteiger partial charge < -0.3 is 9.88 Å². The van der Waals surface area contributed by atoms with E-state index in [1.807, 2.05) is 0 Å². The summed E-state index contributed by atoms with van der Waals surface area (Å²) >= 11 is 0. The molecule has 7 nitrogen and oxygen atoms in total. The van der Waals surface area contributed by atoms with Crippen molar-refractivity contribution in [3.63, 3.8) is 0 Å². The number of hydrogen-bond acceptors (Lipinski definition) is 4. The summed E-state index contributed by atoms with van der Waals surface area (Å²) in [6, 6.07) is 9.35. The number of carbonyl (C=O) groups excluding carboxylic acids is 1. The first-order valence-corrected chi connectivity index (χ1v) is 9.86. The molecule has 0 bridgehead atoms. The Bertz CT molecular complexity index is 959. The molecule has 0 saturated carbocycles. The maximum absolute atomic E-state index is 12.5. The quantitative estimate of drug-likeness (QED) is 0.848. The number of amides is 1. The van der Waals surface area contributed by atoms with E-state index < -0.39 is 10.0 Å². The van der Waals surface area contributed by atoms with E-state index >= 15 is 0 Å². The Balaban J connectivity index is 1.65. The molecule has 2 aromatic rings. The summed E-state index contributed by atoms with van der Waals surface area (Å²) in [6.07, 6.45) is 3.33. The zero-order valence-corrected chi connectivity index (χ0v) is 15.3. The van der Waals surface area contributed by atoms with Crippen molar-refractivity contribution < 1.29 is 13.2 Å². The van der Waals surface area contributed by atoms with Crippen LogP contribution in [0.3, 0.4) is 0 Å². The molecule has 8 heteroatoms. The number of pyridine rings is 1. The zero-order valence-electron chi connectivity index (χ0n) is 14.5. The Morgan fingerprint density at radius 3 is 2.38 bits per heavy atom. The molecule has 1 aliphatic rings. The summed E-state index contributed by atoms with van der Waals surface area (Å²) in [7, 11) is -1.82. The van der Waals surface area contributed by atoms with Crippen molar-refractivity contribution >= 4 is 15.9 Å². The molecule has 26 heavy (non-hydrogen) atoms. The number of nitrogens with zero attached hydrogens (tertiary/aromatic N) is 2. The molecule has 0 radical (unpaired) electrons. The predicted molar refractivity (Wildman–Crippen MR) is 97.3 cm³/mol. The highest BCUT2D eigenvalue weighted by Gasteiger charge is 2.26. The van der Waals surface area contributed by atoms with Crippen LogP contribution >= 0.6 is 0 Å². The Morgan fingerprint density at radius 2 is 1.77 bits per heavy atom. The van der Waals surface area contributed by atoms with E-state index in [1.165, 1.54) is 21.1 Å². The molecular weight excluding hydrogens is 354 g/mol. The predicted octanol–water partition coefficient (Wildman–Crippen LogP) is 1.10. The first kappa shape index (κ1) is 18.3. The van der Waals surface area contributed by atoms with Gasteiger partial charge in [0.05, 0.1) is 4.90 Å². The van der Waals surface area contributed by atoms with Crippen molar-refractivity contribution in [3.05, 3.63) is 64.1 Å². The Hall–Kier alpha value is -2.45. The van der Waals surface area contributed by atoms with Crippen LogP contribution in [-0.4, -0.2) is 36.3 Å². The highest BCUT2D eigenvalue weighted by Crippen LogP contribution is 2.21. The van der Waals surface area contributed by atoms with Crippen LogP contribution in [-0.2, 0) is 23.6 Å². The van der Waals surface area contributed by atoms with Crippen LogP contribution in [0.4, 0.5) is 0 Å². The first-order valence-electron chi connectivity index (χ1n) is 8.42. The molecule has 1 aromatic carbocycles. The number of hydrogen-bond donors (Lipinski definition) is 1. The Labute approximate surface area is 152 Å². The van der Waals surface area contributed by atoms with Gasteiger partial charge in [-0.3, -0.25) is 9.59 Å². The number of carbonyl (C=O) groups is 1. The summed E-state index contributed by atoms with van der Waals surface area (Å²) in [5, 5.41) is 2.73. The molecule has 1 saturated heterocycles. The smallest absolute Gasteiger partial charge is 0.251 e. The van der Waals surface area contributed by atoms with Gasteiger partial charge in [0.2, 0.25) is 10.0 Å². The van der Waals surface area contributed by atoms with E-state index in [1.54, 1.807) is 37.4 Å². The molecule has 0 aliphatic carbocycles. The van der Waals surface area contributed by atoms with Crippen LogP contribution < -0.4 is 10.9 Å². The average molecular weight is 375 g/mol. The number of aryl methyl sites for hydroxylation is 1. The van der Waals surface area contributed by atoms with Crippen molar-refractivity contribution in [3.8, 4) is 0 Å². The van der Waals surface area contributed by atoms with Gasteiger partial charge in [0.25, 0.3) is 11.5 Å². The van der Waals surface area contributed by atoms with Gasteiger partial charge in [-0.1, -0.05) is 12.1 Å². The molecule has 0 atom stereocenters. The minimum absolute atomic E-state index is 0.248. The normalized spacial score (nSPS) is 15.1. The van der Waals surface area contributed by atoms with Gasteiger partial charge in [-0.15, -0.1) is 0 Å². The van der Waals surface area contributed by atoms with Gasteiger partial charge in [-0.25, -0.2) is 8.42 Å². The molecule has 0 unspecified atom stereocenters. The standard InChI is InChI=1S/C18H21N3O4S/c1-20-11-8-15(12-17(20)22)18(23)19-13-14-4-6-16(7-5-14)26(24,25)21-9-2-3-10-21/h4-8,11-12H,2-3,9-10,13H2,1H3,(H,19,23). The molecule has 1 aliphatic heterocycles. The summed E-state index contributed by atoms with van der Waals surface area (Å²) < 4.78 is 27.8. The lowest BCUT2D eigenvalue weighted by Gasteiger charge is -2.15. The van der Waals surface area contributed by atoms with Crippen LogP contribution in [0.5, 0.6) is 0 Å². The maximum Gasteiger partial charge on any atom is 0.251 e. The van der Waals surface area contributed by atoms with Gasteiger partial charge >= 0.3 is 0 Å². The number of aromatic nitrogens is 1. The second-order valence-corrected chi connectivity index (χ2v) is 8.24. The fourth-order valence-corrected chi connectivity index (χ4v) is 4.35. The summed E-state index contributed by atoms with van der Waals surface area (Å²) in [5.41, 5.74) is 0.818. The van der Waals surface area contributed by atoms with E-state index in [0.717, 1.165) is 18.4 Å². The lowest BCUT2D eigenvalue weighted by atomic mass is 10.2. The lowest BCUT2D eigenvalue weighted by Crippen LogP contribution is -2.28. The molecule has 1 aromatic heterocycles. The van der Waals surface area contributed by atoms with Crippen molar-refractivity contribution in [2.75, 3.05) is 13.1 Å². The first-order chi connectivity index (χ1) is 12.4. The largest absolute Gasteiger partial charge is 0.348 e. The van der Waals surface area contributed by atoms with Gasteiger partial charge in [-0.05, 0) is 36.6 Å².